The van der Waals surface area contributed by atoms with E-state index in [4.69, 9.17) is 11.6 Å². The van der Waals surface area contributed by atoms with Crippen molar-refractivity contribution < 1.29 is 10.2 Å². The van der Waals surface area contributed by atoms with E-state index in [1.165, 1.54) is 0 Å². The molecule has 1 aliphatic heterocycles. The van der Waals surface area contributed by atoms with Gasteiger partial charge in [-0.05, 0) is 38.5 Å². The minimum Gasteiger partial charge on any atom is -0.389 e. The van der Waals surface area contributed by atoms with Crippen molar-refractivity contribution in [2.75, 3.05) is 37.6 Å². The average molecular weight is 313 g/mol. The van der Waals surface area contributed by atoms with E-state index in [2.05, 4.69) is 9.80 Å². The van der Waals surface area contributed by atoms with Crippen molar-refractivity contribution in [3.63, 3.8) is 0 Å². The molecule has 0 unspecified atom stereocenters. The summed E-state index contributed by atoms with van der Waals surface area (Å²) in [5, 5.41) is 20.2. The lowest BCUT2D eigenvalue weighted by atomic mass is 10.1. The van der Waals surface area contributed by atoms with Gasteiger partial charge in [0, 0.05) is 32.7 Å². The second kappa shape index (κ2) is 6.53. The summed E-state index contributed by atoms with van der Waals surface area (Å²) in [4.78, 5) is 4.53. The van der Waals surface area contributed by atoms with Crippen LogP contribution in [0.2, 0.25) is 5.02 Å². The lowest BCUT2D eigenvalue weighted by molar-refractivity contribution is 0.0345. The van der Waals surface area contributed by atoms with E-state index < -0.39 is 11.7 Å². The molecule has 2 N–H and O–H groups in total. The molecule has 0 bridgehead atoms. The van der Waals surface area contributed by atoms with E-state index in [9.17, 15) is 10.2 Å². The van der Waals surface area contributed by atoms with Crippen molar-refractivity contribution in [2.24, 2.45) is 0 Å². The Morgan fingerprint density at radius 1 is 1.24 bits per heavy atom. The first-order valence-corrected chi connectivity index (χ1v) is 7.81. The normalized spacial score (nSPS) is 18.9. The molecule has 21 heavy (non-hydrogen) atoms. The van der Waals surface area contributed by atoms with Gasteiger partial charge in [-0.25, -0.2) is 0 Å². The summed E-state index contributed by atoms with van der Waals surface area (Å²) in [6, 6.07) is 5.75. The number of piperazine rings is 1. The highest BCUT2D eigenvalue weighted by Crippen LogP contribution is 2.29. The van der Waals surface area contributed by atoms with Gasteiger partial charge in [0.2, 0.25) is 0 Å². The van der Waals surface area contributed by atoms with Crippen LogP contribution < -0.4 is 4.90 Å². The van der Waals surface area contributed by atoms with Gasteiger partial charge in [0.1, 0.15) is 0 Å². The minimum atomic E-state index is -0.654. The maximum absolute atomic E-state index is 9.88. The number of rotatable bonds is 4. The fraction of sp³-hybridized carbons (Fsp3) is 0.625. The van der Waals surface area contributed by atoms with Crippen LogP contribution in [-0.2, 0) is 0 Å². The topological polar surface area (TPSA) is 46.9 Å². The molecule has 0 amide bonds. The third-order valence-corrected chi connectivity index (χ3v) is 4.08. The van der Waals surface area contributed by atoms with E-state index in [0.29, 0.717) is 11.6 Å². The van der Waals surface area contributed by atoms with Crippen LogP contribution >= 0.6 is 11.6 Å². The summed E-state index contributed by atoms with van der Waals surface area (Å²) < 4.78 is 0. The van der Waals surface area contributed by atoms with Gasteiger partial charge in [0.25, 0.3) is 0 Å². The Bertz CT molecular complexity index is 478. The fourth-order valence-electron chi connectivity index (χ4n) is 2.73. The molecular weight excluding hydrogens is 288 g/mol. The second-order valence-corrected chi connectivity index (χ2v) is 6.87. The van der Waals surface area contributed by atoms with Crippen LogP contribution in [0.1, 0.15) is 32.4 Å². The molecule has 1 aliphatic rings. The van der Waals surface area contributed by atoms with E-state index >= 15 is 0 Å². The van der Waals surface area contributed by atoms with Gasteiger partial charge >= 0.3 is 0 Å². The first kappa shape index (κ1) is 16.6. The first-order chi connectivity index (χ1) is 9.76. The highest BCUT2D eigenvalue weighted by atomic mass is 35.5. The second-order valence-electron chi connectivity index (χ2n) is 6.46. The Hall–Kier alpha value is -0.810. The molecule has 0 aromatic heterocycles. The predicted octanol–water partition coefficient (Wildman–Crippen LogP) is 2.29. The minimum absolute atomic E-state index is 0.500. The molecule has 1 atom stereocenters. The SMILES string of the molecule is C[C@H](O)c1ccc(N2CCN(CC(C)(C)O)CC2)c(Cl)c1. The Balaban J connectivity index is 1.99. The van der Waals surface area contributed by atoms with E-state index in [0.717, 1.165) is 37.4 Å². The number of aliphatic hydroxyl groups is 2. The van der Waals surface area contributed by atoms with E-state index in [1.807, 2.05) is 32.0 Å². The molecule has 1 aromatic rings. The molecule has 0 aliphatic carbocycles. The molecule has 1 saturated heterocycles. The van der Waals surface area contributed by atoms with Crippen molar-refractivity contribution in [3.8, 4) is 0 Å². The van der Waals surface area contributed by atoms with Crippen LogP contribution in [0, 0.1) is 0 Å². The monoisotopic (exact) mass is 312 g/mol. The zero-order valence-electron chi connectivity index (χ0n) is 13.0. The molecule has 4 nitrogen and oxygen atoms in total. The standard InChI is InChI=1S/C16H25ClN2O2/c1-12(20)13-4-5-15(14(17)10-13)19-8-6-18(7-9-19)11-16(2,3)21/h4-5,10,12,20-21H,6-9,11H2,1-3H3/t12-/m0/s1. The number of hydrogen-bond donors (Lipinski definition) is 2. The van der Waals surface area contributed by atoms with Crippen molar-refractivity contribution in [1.29, 1.82) is 0 Å². The molecule has 5 heteroatoms. The lowest BCUT2D eigenvalue weighted by Gasteiger charge is -2.38. The molecular formula is C16H25ClN2O2. The largest absolute Gasteiger partial charge is 0.389 e. The van der Waals surface area contributed by atoms with Gasteiger partial charge in [-0.3, -0.25) is 4.90 Å². The Morgan fingerprint density at radius 3 is 2.33 bits per heavy atom. The van der Waals surface area contributed by atoms with Crippen LogP contribution in [0.15, 0.2) is 18.2 Å². The van der Waals surface area contributed by atoms with Crippen LogP contribution in [-0.4, -0.2) is 53.4 Å². The number of halogens is 1. The Kier molecular flexibility index (Phi) is 5.15. The molecule has 0 radical (unpaired) electrons. The summed E-state index contributed by atoms with van der Waals surface area (Å²) >= 11 is 6.34. The van der Waals surface area contributed by atoms with Crippen molar-refractivity contribution >= 4 is 17.3 Å². The van der Waals surface area contributed by atoms with Gasteiger partial charge in [0.05, 0.1) is 22.4 Å². The number of β-amino-alcohol motifs (C(OH)–C–C–N with tert-alkyl or cyclic N) is 1. The lowest BCUT2D eigenvalue weighted by Crippen LogP contribution is -2.50. The quantitative estimate of drug-likeness (QED) is 0.895. The van der Waals surface area contributed by atoms with Gasteiger partial charge < -0.3 is 15.1 Å². The Labute approximate surface area is 131 Å². The summed E-state index contributed by atoms with van der Waals surface area (Å²) in [5.41, 5.74) is 1.20. The van der Waals surface area contributed by atoms with E-state index in [-0.39, 0.29) is 0 Å². The zero-order chi connectivity index (χ0) is 15.6. The molecule has 1 aromatic carbocycles. The highest BCUT2D eigenvalue weighted by Gasteiger charge is 2.23. The fourth-order valence-corrected chi connectivity index (χ4v) is 3.04. The van der Waals surface area contributed by atoms with Crippen molar-refractivity contribution in [3.05, 3.63) is 28.8 Å². The van der Waals surface area contributed by atoms with Gasteiger partial charge in [-0.1, -0.05) is 17.7 Å². The number of benzene rings is 1. The number of hydrogen-bond acceptors (Lipinski definition) is 4. The number of aliphatic hydroxyl groups excluding tert-OH is 1. The maximum Gasteiger partial charge on any atom is 0.0762 e. The van der Waals surface area contributed by atoms with Crippen molar-refractivity contribution in [2.45, 2.75) is 32.5 Å². The Morgan fingerprint density at radius 2 is 1.86 bits per heavy atom. The first-order valence-electron chi connectivity index (χ1n) is 7.43. The molecule has 1 heterocycles. The highest BCUT2D eigenvalue weighted by molar-refractivity contribution is 6.33. The maximum atomic E-state index is 9.88. The predicted molar refractivity (Wildman–Crippen MR) is 87.0 cm³/mol. The zero-order valence-corrected chi connectivity index (χ0v) is 13.8. The number of nitrogens with zero attached hydrogens (tertiary/aromatic N) is 2. The summed E-state index contributed by atoms with van der Waals surface area (Å²) in [6.07, 6.45) is -0.500. The van der Waals surface area contributed by atoms with Gasteiger partial charge in [-0.15, -0.1) is 0 Å². The summed E-state index contributed by atoms with van der Waals surface area (Å²) in [7, 11) is 0. The number of anilines is 1. The van der Waals surface area contributed by atoms with Crippen molar-refractivity contribution in [1.82, 2.24) is 4.90 Å². The van der Waals surface area contributed by atoms with E-state index in [1.54, 1.807) is 6.92 Å². The smallest absolute Gasteiger partial charge is 0.0762 e. The summed E-state index contributed by atoms with van der Waals surface area (Å²) in [5.74, 6) is 0. The van der Waals surface area contributed by atoms with Crippen LogP contribution in [0.4, 0.5) is 5.69 Å². The third-order valence-electron chi connectivity index (χ3n) is 3.78. The molecule has 0 saturated carbocycles. The summed E-state index contributed by atoms with van der Waals surface area (Å²) in [6.45, 7) is 9.72. The van der Waals surface area contributed by atoms with Crippen LogP contribution in [0.25, 0.3) is 0 Å². The third kappa shape index (κ3) is 4.58. The molecule has 1 fully saturated rings. The van der Waals surface area contributed by atoms with Gasteiger partial charge in [-0.2, -0.15) is 0 Å². The van der Waals surface area contributed by atoms with Crippen LogP contribution in [0.5, 0.6) is 0 Å². The van der Waals surface area contributed by atoms with Crippen LogP contribution in [0.3, 0.4) is 0 Å². The molecule has 0 spiro atoms. The molecule has 118 valence electrons. The van der Waals surface area contributed by atoms with Gasteiger partial charge in [0.15, 0.2) is 0 Å². The average Bonchev–Trinajstić information content (AvgIpc) is 2.38. The molecule has 2 rings (SSSR count).